The van der Waals surface area contributed by atoms with Gasteiger partial charge in [0.15, 0.2) is 5.13 Å². The van der Waals surface area contributed by atoms with Crippen molar-refractivity contribution in [1.82, 2.24) is 5.43 Å². The maximum atomic E-state index is 12.6. The number of thiophene rings is 2. The Morgan fingerprint density at radius 3 is 3.00 bits per heavy atom. The van der Waals surface area contributed by atoms with E-state index in [1.807, 2.05) is 17.5 Å². The lowest BCUT2D eigenvalue weighted by molar-refractivity contribution is -0.120. The number of nitrogens with one attached hydrogen (secondary N) is 1. The van der Waals surface area contributed by atoms with E-state index in [1.54, 1.807) is 6.07 Å². The van der Waals surface area contributed by atoms with Crippen LogP contribution in [0, 0.1) is 5.13 Å². The average Bonchev–Trinajstić information content (AvgIpc) is 2.90. The van der Waals surface area contributed by atoms with Crippen molar-refractivity contribution in [3.05, 3.63) is 44.5 Å². The third kappa shape index (κ3) is 3.76. The predicted molar refractivity (Wildman–Crippen MR) is 68.0 cm³/mol. The van der Waals surface area contributed by atoms with E-state index in [-0.39, 0.29) is 11.0 Å². The molecule has 1 amide bonds. The van der Waals surface area contributed by atoms with Crippen molar-refractivity contribution in [2.24, 2.45) is 5.10 Å². The largest absolute Gasteiger partial charge is 0.273 e. The lowest BCUT2D eigenvalue weighted by Crippen LogP contribution is -2.19. The summed E-state index contributed by atoms with van der Waals surface area (Å²) in [6.45, 7) is 0. The Kier molecular flexibility index (Phi) is 4.00. The van der Waals surface area contributed by atoms with Gasteiger partial charge in [0.1, 0.15) is 0 Å². The molecule has 88 valence electrons. The van der Waals surface area contributed by atoms with Crippen molar-refractivity contribution in [3.63, 3.8) is 0 Å². The molecule has 6 heteroatoms. The summed E-state index contributed by atoms with van der Waals surface area (Å²) >= 11 is 2.50. The first-order valence-corrected chi connectivity index (χ1v) is 6.53. The van der Waals surface area contributed by atoms with Gasteiger partial charge in [-0.15, -0.1) is 22.7 Å². The van der Waals surface area contributed by atoms with Crippen LogP contribution in [0.2, 0.25) is 0 Å². The van der Waals surface area contributed by atoms with Gasteiger partial charge in [-0.1, -0.05) is 6.07 Å². The van der Waals surface area contributed by atoms with Crippen LogP contribution < -0.4 is 5.43 Å². The number of halogens is 1. The first kappa shape index (κ1) is 11.9. The molecule has 0 aliphatic rings. The smallest absolute Gasteiger partial charge is 0.245 e. The van der Waals surface area contributed by atoms with E-state index in [9.17, 15) is 9.18 Å². The van der Waals surface area contributed by atoms with Gasteiger partial charge in [0.05, 0.1) is 17.5 Å². The number of carbonyl (C=O) groups is 1. The molecule has 0 saturated carbocycles. The fourth-order valence-corrected chi connectivity index (χ4v) is 2.48. The van der Waals surface area contributed by atoms with Crippen LogP contribution >= 0.6 is 22.7 Å². The Labute approximate surface area is 106 Å². The highest BCUT2D eigenvalue weighted by molar-refractivity contribution is 7.12. The molecule has 3 nitrogen and oxygen atoms in total. The summed E-state index contributed by atoms with van der Waals surface area (Å²) in [4.78, 5) is 13.1. The first-order chi connectivity index (χ1) is 8.24. The number of amides is 1. The number of rotatable bonds is 4. The zero-order valence-electron chi connectivity index (χ0n) is 8.72. The maximum Gasteiger partial charge on any atom is 0.245 e. The number of hydrazone groups is 1. The van der Waals surface area contributed by atoms with Crippen molar-refractivity contribution >= 4 is 34.8 Å². The van der Waals surface area contributed by atoms with Crippen LogP contribution in [0.5, 0.6) is 0 Å². The van der Waals surface area contributed by atoms with Crippen molar-refractivity contribution in [3.8, 4) is 0 Å². The summed E-state index contributed by atoms with van der Waals surface area (Å²) in [5.74, 6) is -0.180. The van der Waals surface area contributed by atoms with Gasteiger partial charge in [-0.3, -0.25) is 4.79 Å². The molecule has 2 aromatic rings. The van der Waals surface area contributed by atoms with Crippen molar-refractivity contribution in [1.29, 1.82) is 0 Å². The average molecular weight is 268 g/mol. The molecule has 0 unspecified atom stereocenters. The van der Waals surface area contributed by atoms with E-state index >= 15 is 0 Å². The van der Waals surface area contributed by atoms with Crippen molar-refractivity contribution in [2.75, 3.05) is 0 Å². The third-order valence-corrected chi connectivity index (χ3v) is 3.57. The molecule has 0 aromatic carbocycles. The lowest BCUT2D eigenvalue weighted by atomic mass is 10.3. The molecule has 0 aliphatic carbocycles. The molecule has 0 radical (unpaired) electrons. The van der Waals surface area contributed by atoms with Crippen LogP contribution in [0.3, 0.4) is 0 Å². The highest BCUT2D eigenvalue weighted by Gasteiger charge is 2.02. The molecule has 0 aliphatic heterocycles. The zero-order chi connectivity index (χ0) is 12.1. The van der Waals surface area contributed by atoms with E-state index in [1.165, 1.54) is 23.6 Å². The van der Waals surface area contributed by atoms with Crippen LogP contribution in [0.25, 0.3) is 0 Å². The molecule has 0 fully saturated rings. The van der Waals surface area contributed by atoms with Gasteiger partial charge in [0.2, 0.25) is 5.91 Å². The Morgan fingerprint density at radius 1 is 1.47 bits per heavy atom. The summed E-state index contributed by atoms with van der Waals surface area (Å²) < 4.78 is 12.6. The minimum absolute atomic E-state index is 0.180. The van der Waals surface area contributed by atoms with Crippen LogP contribution in [0.4, 0.5) is 4.39 Å². The topological polar surface area (TPSA) is 41.5 Å². The summed E-state index contributed by atoms with van der Waals surface area (Å²) in [6.07, 6.45) is 1.74. The van der Waals surface area contributed by atoms with Crippen molar-refractivity contribution in [2.45, 2.75) is 6.42 Å². The van der Waals surface area contributed by atoms with Gasteiger partial charge >= 0.3 is 0 Å². The van der Waals surface area contributed by atoms with Gasteiger partial charge in [0, 0.05) is 4.88 Å². The second-order valence-corrected chi connectivity index (χ2v) is 5.29. The molecule has 0 atom stereocenters. The molecule has 17 heavy (non-hydrogen) atoms. The number of nitrogens with zero attached hydrogens (tertiary/aromatic N) is 1. The van der Waals surface area contributed by atoms with E-state index in [2.05, 4.69) is 10.5 Å². The SMILES string of the molecule is O=C(Cc1cccs1)N/N=C/c1ccc(F)s1. The minimum atomic E-state index is -0.267. The number of carbonyl (C=O) groups excluding carboxylic acids is 1. The Balaban J connectivity index is 1.82. The quantitative estimate of drug-likeness (QED) is 0.672. The van der Waals surface area contributed by atoms with Crippen LogP contribution in [-0.2, 0) is 11.2 Å². The fraction of sp³-hybridized carbons (Fsp3) is 0.0909. The standard InChI is InChI=1S/C11H9FN2OS2/c12-10-4-3-9(17-10)7-13-14-11(15)6-8-2-1-5-16-8/h1-5,7H,6H2,(H,14,15)/b13-7+. The van der Waals surface area contributed by atoms with Crippen LogP contribution in [0.15, 0.2) is 34.7 Å². The predicted octanol–water partition coefficient (Wildman–Crippen LogP) is 2.64. The summed E-state index contributed by atoms with van der Waals surface area (Å²) in [5, 5.41) is 5.41. The van der Waals surface area contributed by atoms with Crippen LogP contribution in [-0.4, -0.2) is 12.1 Å². The van der Waals surface area contributed by atoms with Gasteiger partial charge < -0.3 is 0 Å². The van der Waals surface area contributed by atoms with E-state index in [0.717, 1.165) is 16.2 Å². The molecule has 0 saturated heterocycles. The summed E-state index contributed by atoms with van der Waals surface area (Å²) in [7, 11) is 0. The van der Waals surface area contributed by atoms with E-state index < -0.39 is 0 Å². The molecule has 1 N–H and O–H groups in total. The number of hydrogen-bond donors (Lipinski definition) is 1. The molecule has 2 aromatic heterocycles. The highest BCUT2D eigenvalue weighted by Crippen LogP contribution is 2.11. The maximum absolute atomic E-state index is 12.6. The molecule has 2 heterocycles. The highest BCUT2D eigenvalue weighted by atomic mass is 32.1. The zero-order valence-corrected chi connectivity index (χ0v) is 10.4. The molecular formula is C11H9FN2OS2. The van der Waals surface area contributed by atoms with Gasteiger partial charge in [-0.2, -0.15) is 9.49 Å². The summed E-state index contributed by atoms with van der Waals surface area (Å²) in [6, 6.07) is 6.75. The molecule has 0 spiro atoms. The van der Waals surface area contributed by atoms with Crippen LogP contribution in [0.1, 0.15) is 9.75 Å². The van der Waals surface area contributed by atoms with E-state index in [0.29, 0.717) is 11.3 Å². The molecule has 0 bridgehead atoms. The first-order valence-electron chi connectivity index (χ1n) is 4.83. The van der Waals surface area contributed by atoms with Crippen molar-refractivity contribution < 1.29 is 9.18 Å². The Bertz CT molecular complexity index is 519. The minimum Gasteiger partial charge on any atom is -0.273 e. The van der Waals surface area contributed by atoms with Gasteiger partial charge in [-0.25, -0.2) is 5.43 Å². The fourth-order valence-electron chi connectivity index (χ4n) is 1.18. The second-order valence-electron chi connectivity index (χ2n) is 3.19. The monoisotopic (exact) mass is 268 g/mol. The second kappa shape index (κ2) is 5.70. The number of hydrogen-bond acceptors (Lipinski definition) is 4. The normalized spacial score (nSPS) is 10.9. The Hall–Kier alpha value is -1.53. The Morgan fingerprint density at radius 2 is 2.35 bits per heavy atom. The molecule has 2 rings (SSSR count). The molecular weight excluding hydrogens is 259 g/mol. The van der Waals surface area contributed by atoms with E-state index in [4.69, 9.17) is 0 Å². The van der Waals surface area contributed by atoms with Gasteiger partial charge in [0.25, 0.3) is 0 Å². The third-order valence-electron chi connectivity index (χ3n) is 1.89. The van der Waals surface area contributed by atoms with Gasteiger partial charge in [-0.05, 0) is 23.6 Å². The summed E-state index contributed by atoms with van der Waals surface area (Å²) in [5.41, 5.74) is 2.40. The lowest BCUT2D eigenvalue weighted by Gasteiger charge is -1.96.